The lowest BCUT2D eigenvalue weighted by Gasteiger charge is -2.21. The highest BCUT2D eigenvalue weighted by Gasteiger charge is 2.26. The molecule has 0 saturated carbocycles. The van der Waals surface area contributed by atoms with Crippen LogP contribution in [0.1, 0.15) is 40.5 Å². The Labute approximate surface area is 125 Å². The summed E-state index contributed by atoms with van der Waals surface area (Å²) in [6.07, 6.45) is 0.734. The van der Waals surface area contributed by atoms with Gasteiger partial charge in [0.1, 0.15) is 12.1 Å². The van der Waals surface area contributed by atoms with Gasteiger partial charge in [0.05, 0.1) is 7.11 Å². The van der Waals surface area contributed by atoms with Crippen molar-refractivity contribution < 1.29 is 24.2 Å². The number of nitrogens with one attached hydrogen (secondary N) is 2. The molecule has 0 rings (SSSR count). The Morgan fingerprint density at radius 1 is 0.952 bits per heavy atom. The number of hydrogen-bond donors (Lipinski definition) is 3. The maximum atomic E-state index is 11.9. The number of hydrogen-bond acceptors (Lipinski definition) is 4. The van der Waals surface area contributed by atoms with Gasteiger partial charge in [-0.15, -0.1) is 0 Å². The second-order valence-electron chi connectivity index (χ2n) is 5.84. The fourth-order valence-electron chi connectivity index (χ4n) is 1.88. The molecule has 0 spiro atoms. The molecule has 3 N–H and O–H groups in total. The van der Waals surface area contributed by atoms with Crippen molar-refractivity contribution in [2.24, 2.45) is 11.8 Å². The topological polar surface area (TPSA) is 105 Å². The van der Waals surface area contributed by atoms with Crippen LogP contribution in [0.15, 0.2) is 0 Å². The number of urea groups is 1. The Morgan fingerprint density at radius 3 is 1.76 bits per heavy atom. The number of carbonyl (C=O) groups is 3. The van der Waals surface area contributed by atoms with Crippen LogP contribution < -0.4 is 10.6 Å². The zero-order valence-corrected chi connectivity index (χ0v) is 13.3. The van der Waals surface area contributed by atoms with Crippen molar-refractivity contribution in [3.05, 3.63) is 0 Å². The van der Waals surface area contributed by atoms with Crippen molar-refractivity contribution in [2.45, 2.75) is 52.6 Å². The SMILES string of the molecule is COC(=O)[C@H](CC(C)C)NC(=O)N[C@@H](CC(C)C)C(=O)O. The fraction of sp³-hybridized carbons (Fsp3) is 0.786. The maximum Gasteiger partial charge on any atom is 0.328 e. The van der Waals surface area contributed by atoms with Crippen molar-refractivity contribution in [1.82, 2.24) is 10.6 Å². The third-order valence-corrected chi connectivity index (χ3v) is 2.81. The Hall–Kier alpha value is -1.79. The number of ether oxygens (including phenoxy) is 1. The maximum absolute atomic E-state index is 11.9. The highest BCUT2D eigenvalue weighted by molar-refractivity contribution is 5.86. The van der Waals surface area contributed by atoms with E-state index in [2.05, 4.69) is 15.4 Å². The van der Waals surface area contributed by atoms with E-state index in [0.29, 0.717) is 12.8 Å². The number of carbonyl (C=O) groups excluding carboxylic acids is 2. The van der Waals surface area contributed by atoms with Gasteiger partial charge in [-0.3, -0.25) is 0 Å². The molecule has 7 heteroatoms. The lowest BCUT2D eigenvalue weighted by atomic mass is 10.0. The summed E-state index contributed by atoms with van der Waals surface area (Å²) in [5.41, 5.74) is 0. The summed E-state index contributed by atoms with van der Waals surface area (Å²) in [6, 6.07) is -2.45. The van der Waals surface area contributed by atoms with Gasteiger partial charge in [-0.25, -0.2) is 14.4 Å². The van der Waals surface area contributed by atoms with Crippen LogP contribution in [0.25, 0.3) is 0 Å². The molecule has 0 fully saturated rings. The summed E-state index contributed by atoms with van der Waals surface area (Å²) < 4.78 is 4.63. The van der Waals surface area contributed by atoms with E-state index in [9.17, 15) is 14.4 Å². The summed E-state index contributed by atoms with van der Waals surface area (Å²) in [6.45, 7) is 7.56. The van der Waals surface area contributed by atoms with E-state index in [4.69, 9.17) is 5.11 Å². The van der Waals surface area contributed by atoms with E-state index in [1.807, 2.05) is 27.7 Å². The smallest absolute Gasteiger partial charge is 0.328 e. The average Bonchev–Trinajstić information content (AvgIpc) is 2.34. The lowest BCUT2D eigenvalue weighted by Crippen LogP contribution is -2.51. The highest BCUT2D eigenvalue weighted by Crippen LogP contribution is 2.07. The number of carboxylic acid groups (broad SMARTS) is 1. The quantitative estimate of drug-likeness (QED) is 0.587. The van der Waals surface area contributed by atoms with Gasteiger partial charge >= 0.3 is 18.0 Å². The molecule has 2 atom stereocenters. The van der Waals surface area contributed by atoms with Crippen LogP contribution in [0.2, 0.25) is 0 Å². The number of methoxy groups -OCH3 is 1. The van der Waals surface area contributed by atoms with E-state index in [1.165, 1.54) is 7.11 Å². The zero-order valence-electron chi connectivity index (χ0n) is 13.3. The molecular weight excluding hydrogens is 276 g/mol. The molecule has 0 aromatic rings. The molecule has 0 unspecified atom stereocenters. The van der Waals surface area contributed by atoms with Gasteiger partial charge in [-0.1, -0.05) is 27.7 Å². The third-order valence-electron chi connectivity index (χ3n) is 2.81. The van der Waals surface area contributed by atoms with E-state index in [0.717, 1.165) is 0 Å². The second-order valence-corrected chi connectivity index (χ2v) is 5.84. The highest BCUT2D eigenvalue weighted by atomic mass is 16.5. The Bertz CT molecular complexity index is 368. The van der Waals surface area contributed by atoms with Crippen LogP contribution in [-0.4, -0.2) is 42.3 Å². The second kappa shape index (κ2) is 9.20. The lowest BCUT2D eigenvalue weighted by molar-refractivity contribution is -0.143. The van der Waals surface area contributed by atoms with Gasteiger partial charge in [0.25, 0.3) is 0 Å². The van der Waals surface area contributed by atoms with Crippen LogP contribution in [-0.2, 0) is 14.3 Å². The van der Waals surface area contributed by atoms with Gasteiger partial charge in [-0.05, 0) is 24.7 Å². The molecule has 0 aromatic carbocycles. The molecule has 0 aliphatic carbocycles. The van der Waals surface area contributed by atoms with E-state index in [1.54, 1.807) is 0 Å². The largest absolute Gasteiger partial charge is 0.480 e. The van der Waals surface area contributed by atoms with Crippen LogP contribution in [0.5, 0.6) is 0 Å². The standard InChI is InChI=1S/C14H26N2O5/c1-8(2)6-10(12(17)18)15-14(20)16-11(7-9(3)4)13(19)21-5/h8-11H,6-7H2,1-5H3,(H,17,18)(H2,15,16,20)/t10-,11-/m0/s1. The molecule has 7 nitrogen and oxygen atoms in total. The van der Waals surface area contributed by atoms with Gasteiger partial charge < -0.3 is 20.5 Å². The summed E-state index contributed by atoms with van der Waals surface area (Å²) in [5, 5.41) is 13.9. The molecule has 21 heavy (non-hydrogen) atoms. The van der Waals surface area contributed by atoms with Crippen LogP contribution in [0.4, 0.5) is 4.79 Å². The predicted molar refractivity (Wildman–Crippen MR) is 77.8 cm³/mol. The van der Waals surface area contributed by atoms with Gasteiger partial charge in [0.15, 0.2) is 0 Å². The zero-order chi connectivity index (χ0) is 16.6. The van der Waals surface area contributed by atoms with Crippen LogP contribution in [0, 0.1) is 11.8 Å². The first kappa shape index (κ1) is 19.2. The summed E-state index contributed by atoms with van der Waals surface area (Å²) in [7, 11) is 1.24. The van der Waals surface area contributed by atoms with Crippen molar-refractivity contribution in [2.75, 3.05) is 7.11 Å². The number of esters is 1. The van der Waals surface area contributed by atoms with E-state index >= 15 is 0 Å². The van der Waals surface area contributed by atoms with E-state index < -0.39 is 30.1 Å². The average molecular weight is 302 g/mol. The molecule has 0 aromatic heterocycles. The Balaban J connectivity index is 4.66. The van der Waals surface area contributed by atoms with Crippen molar-refractivity contribution >= 4 is 18.0 Å². The summed E-state index contributed by atoms with van der Waals surface area (Å²) in [4.78, 5) is 34.5. The van der Waals surface area contributed by atoms with Crippen LogP contribution >= 0.6 is 0 Å². The number of rotatable bonds is 8. The predicted octanol–water partition coefficient (Wildman–Crippen LogP) is 1.37. The molecule has 0 aliphatic heterocycles. The van der Waals surface area contributed by atoms with Gasteiger partial charge in [-0.2, -0.15) is 0 Å². The number of carboxylic acids is 1. The molecule has 0 saturated heterocycles. The first-order valence-corrected chi connectivity index (χ1v) is 7.05. The molecule has 0 heterocycles. The Kier molecular flexibility index (Phi) is 8.42. The first-order valence-electron chi connectivity index (χ1n) is 7.05. The number of aliphatic carboxylic acids is 1. The molecular formula is C14H26N2O5. The first-order chi connectivity index (χ1) is 9.67. The Morgan fingerprint density at radius 2 is 1.38 bits per heavy atom. The molecule has 0 aliphatic rings. The van der Waals surface area contributed by atoms with E-state index in [-0.39, 0.29) is 11.8 Å². The monoisotopic (exact) mass is 302 g/mol. The normalized spacial score (nSPS) is 13.7. The van der Waals surface area contributed by atoms with Crippen molar-refractivity contribution in [3.63, 3.8) is 0 Å². The van der Waals surface area contributed by atoms with Crippen LogP contribution in [0.3, 0.4) is 0 Å². The summed E-state index contributed by atoms with van der Waals surface area (Å²) in [5.74, 6) is -1.34. The molecule has 0 radical (unpaired) electrons. The van der Waals surface area contributed by atoms with Crippen molar-refractivity contribution in [1.29, 1.82) is 0 Å². The molecule has 2 amide bonds. The third kappa shape index (κ3) is 8.16. The van der Waals surface area contributed by atoms with Gasteiger partial charge in [0.2, 0.25) is 0 Å². The minimum Gasteiger partial charge on any atom is -0.480 e. The minimum absolute atomic E-state index is 0.124. The number of amides is 2. The minimum atomic E-state index is -1.10. The molecule has 122 valence electrons. The van der Waals surface area contributed by atoms with Gasteiger partial charge in [0, 0.05) is 0 Å². The fourth-order valence-corrected chi connectivity index (χ4v) is 1.88. The summed E-state index contributed by atoms with van der Waals surface area (Å²) >= 11 is 0. The van der Waals surface area contributed by atoms with Crippen molar-refractivity contribution in [3.8, 4) is 0 Å². The molecule has 0 bridgehead atoms.